The second kappa shape index (κ2) is 8.32. The summed E-state index contributed by atoms with van der Waals surface area (Å²) >= 11 is 6.04. The molecule has 28 heavy (non-hydrogen) atoms. The van der Waals surface area contributed by atoms with E-state index in [9.17, 15) is 18.0 Å². The number of hydrogen-bond donors (Lipinski definition) is 1. The number of piperidine rings is 1. The lowest BCUT2D eigenvalue weighted by atomic mass is 10.1. The van der Waals surface area contributed by atoms with Gasteiger partial charge >= 0.3 is 0 Å². The molecule has 0 unspecified atom stereocenters. The molecular weight excluding hydrogens is 400 g/mol. The third-order valence-corrected chi connectivity index (χ3v) is 6.25. The fourth-order valence-electron chi connectivity index (χ4n) is 3.14. The number of nitrogens with one attached hydrogen (secondary N) is 1. The van der Waals surface area contributed by atoms with Crippen molar-refractivity contribution in [1.82, 2.24) is 4.90 Å². The number of halogens is 1. The van der Waals surface area contributed by atoms with Crippen molar-refractivity contribution in [3.8, 4) is 0 Å². The van der Waals surface area contributed by atoms with Crippen molar-refractivity contribution in [1.29, 1.82) is 0 Å². The molecule has 6 nitrogen and oxygen atoms in total. The fraction of sp³-hybridized carbons (Fsp3) is 0.300. The molecule has 1 aliphatic heterocycles. The predicted molar refractivity (Wildman–Crippen MR) is 108 cm³/mol. The van der Waals surface area contributed by atoms with Crippen molar-refractivity contribution in [3.05, 3.63) is 58.6 Å². The highest BCUT2D eigenvalue weighted by molar-refractivity contribution is 7.92. The van der Waals surface area contributed by atoms with Crippen LogP contribution < -0.4 is 4.72 Å². The van der Waals surface area contributed by atoms with Gasteiger partial charge in [-0.25, -0.2) is 8.42 Å². The van der Waals surface area contributed by atoms with E-state index in [1.165, 1.54) is 37.3 Å². The summed E-state index contributed by atoms with van der Waals surface area (Å²) < 4.78 is 28.2. The smallest absolute Gasteiger partial charge is 0.261 e. The zero-order valence-corrected chi connectivity index (χ0v) is 17.0. The van der Waals surface area contributed by atoms with Crippen molar-refractivity contribution in [3.63, 3.8) is 0 Å². The lowest BCUT2D eigenvalue weighted by Crippen LogP contribution is -2.36. The number of ketones is 1. The lowest BCUT2D eigenvalue weighted by molar-refractivity contribution is 0.0725. The van der Waals surface area contributed by atoms with E-state index in [1.807, 2.05) is 0 Å². The first-order chi connectivity index (χ1) is 13.3. The second-order valence-electron chi connectivity index (χ2n) is 6.73. The van der Waals surface area contributed by atoms with E-state index in [-0.39, 0.29) is 27.8 Å². The third-order valence-electron chi connectivity index (χ3n) is 4.65. The zero-order valence-electron chi connectivity index (χ0n) is 15.4. The Morgan fingerprint density at radius 3 is 2.43 bits per heavy atom. The highest BCUT2D eigenvalue weighted by Crippen LogP contribution is 2.26. The van der Waals surface area contributed by atoms with Crippen LogP contribution in [0.2, 0.25) is 5.02 Å². The molecule has 1 heterocycles. The van der Waals surface area contributed by atoms with Crippen LogP contribution in [0.1, 0.15) is 46.9 Å². The second-order valence-corrected chi connectivity index (χ2v) is 8.85. The Labute approximate surface area is 169 Å². The average Bonchev–Trinajstić information content (AvgIpc) is 2.68. The van der Waals surface area contributed by atoms with Gasteiger partial charge in [-0.1, -0.05) is 23.7 Å². The highest BCUT2D eigenvalue weighted by atomic mass is 35.5. The average molecular weight is 421 g/mol. The van der Waals surface area contributed by atoms with E-state index in [2.05, 4.69) is 4.72 Å². The maximum atomic E-state index is 12.9. The number of nitrogens with zero attached hydrogens (tertiary/aromatic N) is 1. The first-order valence-electron chi connectivity index (χ1n) is 9.00. The van der Waals surface area contributed by atoms with Crippen molar-refractivity contribution >= 4 is 39.0 Å². The van der Waals surface area contributed by atoms with Gasteiger partial charge in [0, 0.05) is 23.7 Å². The summed E-state index contributed by atoms with van der Waals surface area (Å²) in [6.07, 6.45) is 2.94. The Balaban J connectivity index is 1.95. The van der Waals surface area contributed by atoms with Gasteiger partial charge in [0.2, 0.25) is 0 Å². The number of anilines is 1. The first kappa shape index (κ1) is 20.4. The largest absolute Gasteiger partial charge is 0.339 e. The van der Waals surface area contributed by atoms with E-state index in [4.69, 9.17) is 11.6 Å². The molecule has 0 spiro atoms. The standard InChI is InChI=1S/C20H21ClN2O4S/c1-14(24)15-6-5-7-17(12-15)28(26,27)22-19-13-16(21)8-9-18(19)20(25)23-10-3-2-4-11-23/h5-9,12-13,22H,2-4,10-11H2,1H3. The molecule has 1 N–H and O–H groups in total. The first-order valence-corrected chi connectivity index (χ1v) is 10.9. The van der Waals surface area contributed by atoms with E-state index < -0.39 is 10.0 Å². The number of likely N-dealkylation sites (tertiary alicyclic amines) is 1. The number of sulfonamides is 1. The normalized spacial score (nSPS) is 14.6. The van der Waals surface area contributed by atoms with Gasteiger partial charge in [0.1, 0.15) is 0 Å². The molecule has 1 fully saturated rings. The number of carbonyl (C=O) groups is 2. The molecule has 0 aliphatic carbocycles. The number of amides is 1. The molecule has 1 aliphatic rings. The van der Waals surface area contributed by atoms with E-state index in [0.29, 0.717) is 23.7 Å². The van der Waals surface area contributed by atoms with Crippen LogP contribution in [0.15, 0.2) is 47.4 Å². The van der Waals surface area contributed by atoms with Gasteiger partial charge in [0.25, 0.3) is 15.9 Å². The topological polar surface area (TPSA) is 83.5 Å². The van der Waals surface area contributed by atoms with E-state index in [1.54, 1.807) is 17.0 Å². The van der Waals surface area contributed by atoms with Crippen LogP contribution in [-0.4, -0.2) is 38.1 Å². The molecule has 2 aromatic rings. The van der Waals surface area contributed by atoms with Crippen LogP contribution in [0.5, 0.6) is 0 Å². The Hall–Kier alpha value is -2.38. The van der Waals surface area contributed by atoms with Gasteiger partial charge in [-0.15, -0.1) is 0 Å². The lowest BCUT2D eigenvalue weighted by Gasteiger charge is -2.27. The Kier molecular flexibility index (Phi) is 6.05. The van der Waals surface area contributed by atoms with Gasteiger partial charge < -0.3 is 4.90 Å². The minimum atomic E-state index is -4.00. The van der Waals surface area contributed by atoms with Gasteiger partial charge in [-0.3, -0.25) is 14.3 Å². The number of Topliss-reactive ketones (excluding diaryl/α,β-unsaturated/α-hetero) is 1. The van der Waals surface area contributed by atoms with Crippen molar-refractivity contribution in [2.75, 3.05) is 17.8 Å². The maximum absolute atomic E-state index is 12.9. The van der Waals surface area contributed by atoms with Crippen LogP contribution in [0.3, 0.4) is 0 Å². The quantitative estimate of drug-likeness (QED) is 0.742. The molecule has 8 heteroatoms. The van der Waals surface area contributed by atoms with E-state index >= 15 is 0 Å². The Morgan fingerprint density at radius 2 is 1.75 bits per heavy atom. The number of hydrogen-bond acceptors (Lipinski definition) is 4. The summed E-state index contributed by atoms with van der Waals surface area (Å²) in [4.78, 5) is 26.1. The molecule has 0 atom stereocenters. The SMILES string of the molecule is CC(=O)c1cccc(S(=O)(=O)Nc2cc(Cl)ccc2C(=O)N2CCCCC2)c1. The summed E-state index contributed by atoms with van der Waals surface area (Å²) in [5.74, 6) is -0.465. The zero-order chi connectivity index (χ0) is 20.3. The Bertz CT molecular complexity index is 1010. The molecule has 2 aromatic carbocycles. The number of rotatable bonds is 5. The summed E-state index contributed by atoms with van der Waals surface area (Å²) in [5, 5.41) is 0.311. The van der Waals surface area contributed by atoms with Crippen LogP contribution in [0.25, 0.3) is 0 Å². The predicted octanol–water partition coefficient (Wildman–Crippen LogP) is 3.97. The minimum absolute atomic E-state index is 0.0588. The van der Waals surface area contributed by atoms with E-state index in [0.717, 1.165) is 19.3 Å². The molecule has 0 bridgehead atoms. The molecule has 0 radical (unpaired) electrons. The van der Waals surface area contributed by atoms with Gasteiger partial charge in [0.05, 0.1) is 16.1 Å². The van der Waals surface area contributed by atoms with Gasteiger partial charge in [0.15, 0.2) is 5.78 Å². The monoisotopic (exact) mass is 420 g/mol. The Morgan fingerprint density at radius 1 is 1.04 bits per heavy atom. The van der Waals surface area contributed by atoms with Crippen molar-refractivity contribution < 1.29 is 18.0 Å². The molecule has 148 valence electrons. The summed E-state index contributed by atoms with van der Waals surface area (Å²) in [5.41, 5.74) is 0.660. The van der Waals surface area contributed by atoms with Gasteiger partial charge in [-0.2, -0.15) is 0 Å². The summed E-state index contributed by atoms with van der Waals surface area (Å²) in [7, 11) is -4.00. The molecule has 1 amide bonds. The van der Waals surface area contributed by atoms with Crippen LogP contribution in [0.4, 0.5) is 5.69 Å². The maximum Gasteiger partial charge on any atom is 0.261 e. The fourth-order valence-corrected chi connectivity index (χ4v) is 4.43. The molecule has 0 saturated carbocycles. The third kappa shape index (κ3) is 4.54. The highest BCUT2D eigenvalue weighted by Gasteiger charge is 2.24. The molecule has 3 rings (SSSR count). The number of carbonyl (C=O) groups excluding carboxylic acids is 2. The van der Waals surface area contributed by atoms with Gasteiger partial charge in [-0.05, 0) is 56.5 Å². The van der Waals surface area contributed by atoms with Crippen molar-refractivity contribution in [2.24, 2.45) is 0 Å². The molecular formula is C20H21ClN2O4S. The van der Waals surface area contributed by atoms with Crippen LogP contribution in [-0.2, 0) is 10.0 Å². The van der Waals surface area contributed by atoms with Crippen LogP contribution >= 0.6 is 11.6 Å². The van der Waals surface area contributed by atoms with Crippen molar-refractivity contribution in [2.45, 2.75) is 31.1 Å². The van der Waals surface area contributed by atoms with Crippen LogP contribution in [0, 0.1) is 0 Å². The minimum Gasteiger partial charge on any atom is -0.339 e. The molecule has 0 aromatic heterocycles. The number of benzene rings is 2. The summed E-state index contributed by atoms with van der Waals surface area (Å²) in [6, 6.07) is 10.3. The molecule has 1 saturated heterocycles. The summed E-state index contributed by atoms with van der Waals surface area (Å²) in [6.45, 7) is 2.66.